The molecule has 1 aromatic carbocycles. The summed E-state index contributed by atoms with van der Waals surface area (Å²) < 4.78 is 0. The molecular weight excluding hydrogens is 248 g/mol. The Morgan fingerprint density at radius 1 is 0.950 bits per heavy atom. The first-order valence-electron chi connectivity index (χ1n) is 6.62. The summed E-state index contributed by atoms with van der Waals surface area (Å²) in [5.41, 5.74) is 3.15. The van der Waals surface area contributed by atoms with Crippen molar-refractivity contribution in [3.8, 4) is 0 Å². The lowest BCUT2D eigenvalue weighted by atomic mass is 10.1. The van der Waals surface area contributed by atoms with Gasteiger partial charge in [-0.25, -0.2) is 0 Å². The van der Waals surface area contributed by atoms with E-state index in [-0.39, 0.29) is 0 Å². The number of rotatable bonds is 4. The smallest absolute Gasteiger partial charge is 0.0724 e. The van der Waals surface area contributed by atoms with Crippen LogP contribution in [0.3, 0.4) is 0 Å². The molecule has 0 radical (unpaired) electrons. The lowest BCUT2D eigenvalue weighted by Crippen LogP contribution is -2.13. The zero-order valence-corrected chi connectivity index (χ0v) is 11.4. The number of aryl methyl sites for hydroxylation is 1. The largest absolute Gasteiger partial charge is 0.307 e. The van der Waals surface area contributed by atoms with Gasteiger partial charge in [-0.05, 0) is 30.0 Å². The van der Waals surface area contributed by atoms with E-state index in [9.17, 15) is 0 Å². The van der Waals surface area contributed by atoms with E-state index in [0.29, 0.717) is 0 Å². The second kappa shape index (κ2) is 5.75. The summed E-state index contributed by atoms with van der Waals surface area (Å²) in [5.74, 6) is 0. The zero-order valence-electron chi connectivity index (χ0n) is 11.4. The molecule has 0 amide bonds. The molecule has 0 atom stereocenters. The van der Waals surface area contributed by atoms with Crippen molar-refractivity contribution in [3.05, 3.63) is 66.0 Å². The molecular formula is C16H16N4. The van der Waals surface area contributed by atoms with Gasteiger partial charge in [-0.15, -0.1) is 0 Å². The van der Waals surface area contributed by atoms with Crippen molar-refractivity contribution < 1.29 is 0 Å². The number of nitrogens with zero attached hydrogens (tertiary/aromatic N) is 3. The third kappa shape index (κ3) is 2.97. The highest BCUT2D eigenvalue weighted by atomic mass is 14.9. The molecule has 100 valence electrons. The molecule has 0 bridgehead atoms. The molecule has 0 saturated carbocycles. The number of pyridine rings is 1. The summed E-state index contributed by atoms with van der Waals surface area (Å²) in [7, 11) is 0. The van der Waals surface area contributed by atoms with Gasteiger partial charge in [0.05, 0.1) is 11.4 Å². The Morgan fingerprint density at radius 3 is 2.75 bits per heavy atom. The third-order valence-corrected chi connectivity index (χ3v) is 3.17. The van der Waals surface area contributed by atoms with Gasteiger partial charge in [-0.2, -0.15) is 0 Å². The van der Waals surface area contributed by atoms with Crippen LogP contribution in [0.25, 0.3) is 10.8 Å². The normalized spacial score (nSPS) is 10.8. The van der Waals surface area contributed by atoms with Crippen LogP contribution in [0.1, 0.15) is 17.0 Å². The predicted molar refractivity (Wildman–Crippen MR) is 79.1 cm³/mol. The van der Waals surface area contributed by atoms with Gasteiger partial charge in [0.15, 0.2) is 0 Å². The first-order chi connectivity index (χ1) is 9.81. The molecule has 0 spiro atoms. The Kier molecular flexibility index (Phi) is 3.65. The Balaban J connectivity index is 1.63. The van der Waals surface area contributed by atoms with Crippen LogP contribution in [0, 0.1) is 6.92 Å². The average molecular weight is 264 g/mol. The van der Waals surface area contributed by atoms with Crippen molar-refractivity contribution in [2.75, 3.05) is 0 Å². The van der Waals surface area contributed by atoms with Crippen LogP contribution in [0.2, 0.25) is 0 Å². The highest BCUT2D eigenvalue weighted by Gasteiger charge is 1.98. The topological polar surface area (TPSA) is 50.7 Å². The van der Waals surface area contributed by atoms with E-state index >= 15 is 0 Å². The standard InChI is InChI=1S/C16H16N4/c1-12-7-20-16(11-19-12)10-18-8-13-2-3-15-9-17-5-4-14(15)6-13/h2-7,9,11,18H,8,10H2,1H3. The molecule has 3 rings (SSSR count). The van der Waals surface area contributed by atoms with E-state index in [4.69, 9.17) is 0 Å². The predicted octanol–water partition coefficient (Wildman–Crippen LogP) is 2.62. The SMILES string of the molecule is Cc1cnc(CNCc2ccc3cnccc3c2)cn1. The number of aromatic nitrogens is 3. The first kappa shape index (κ1) is 12.7. The maximum atomic E-state index is 4.33. The fourth-order valence-electron chi connectivity index (χ4n) is 2.09. The highest BCUT2D eigenvalue weighted by Crippen LogP contribution is 2.14. The van der Waals surface area contributed by atoms with Gasteiger partial charge >= 0.3 is 0 Å². The van der Waals surface area contributed by atoms with E-state index in [1.807, 2.05) is 31.6 Å². The van der Waals surface area contributed by atoms with Gasteiger partial charge in [-0.1, -0.05) is 12.1 Å². The van der Waals surface area contributed by atoms with Gasteiger partial charge < -0.3 is 5.32 Å². The Bertz CT molecular complexity index is 707. The van der Waals surface area contributed by atoms with Crippen LogP contribution in [-0.4, -0.2) is 15.0 Å². The third-order valence-electron chi connectivity index (χ3n) is 3.17. The summed E-state index contributed by atoms with van der Waals surface area (Å²) in [6.07, 6.45) is 7.31. The fraction of sp³-hybridized carbons (Fsp3) is 0.188. The van der Waals surface area contributed by atoms with Crippen LogP contribution in [0.15, 0.2) is 49.1 Å². The average Bonchev–Trinajstić information content (AvgIpc) is 2.49. The summed E-state index contributed by atoms with van der Waals surface area (Å²) >= 11 is 0. The van der Waals surface area contributed by atoms with Crippen LogP contribution in [0.5, 0.6) is 0 Å². The summed E-state index contributed by atoms with van der Waals surface area (Å²) in [5, 5.41) is 5.77. The molecule has 3 aromatic rings. The molecule has 0 aliphatic rings. The lowest BCUT2D eigenvalue weighted by Gasteiger charge is -2.06. The zero-order chi connectivity index (χ0) is 13.8. The Morgan fingerprint density at radius 2 is 1.90 bits per heavy atom. The lowest BCUT2D eigenvalue weighted by molar-refractivity contribution is 0.676. The second-order valence-electron chi connectivity index (χ2n) is 4.81. The Hall–Kier alpha value is -2.33. The van der Waals surface area contributed by atoms with Gasteiger partial charge in [-0.3, -0.25) is 15.0 Å². The molecule has 0 aliphatic carbocycles. The minimum atomic E-state index is 0.724. The van der Waals surface area contributed by atoms with Crippen LogP contribution < -0.4 is 5.32 Å². The van der Waals surface area contributed by atoms with Crippen molar-refractivity contribution in [1.29, 1.82) is 0 Å². The van der Waals surface area contributed by atoms with Crippen molar-refractivity contribution >= 4 is 10.8 Å². The molecule has 0 saturated heterocycles. The Labute approximate surface area is 117 Å². The molecule has 2 heterocycles. The van der Waals surface area contributed by atoms with Crippen LogP contribution >= 0.6 is 0 Å². The summed E-state index contributed by atoms with van der Waals surface area (Å²) in [4.78, 5) is 12.7. The van der Waals surface area contributed by atoms with Gasteiger partial charge in [0, 0.05) is 43.3 Å². The fourth-order valence-corrected chi connectivity index (χ4v) is 2.09. The van der Waals surface area contributed by atoms with Crippen LogP contribution in [-0.2, 0) is 13.1 Å². The van der Waals surface area contributed by atoms with Crippen molar-refractivity contribution in [2.45, 2.75) is 20.0 Å². The summed E-state index contributed by atoms with van der Waals surface area (Å²) in [6, 6.07) is 8.44. The second-order valence-corrected chi connectivity index (χ2v) is 4.81. The maximum absolute atomic E-state index is 4.33. The highest BCUT2D eigenvalue weighted by molar-refractivity contribution is 5.81. The van der Waals surface area contributed by atoms with Crippen LogP contribution in [0.4, 0.5) is 0 Å². The molecule has 0 unspecified atom stereocenters. The number of benzene rings is 1. The van der Waals surface area contributed by atoms with E-state index in [1.54, 1.807) is 6.20 Å². The van der Waals surface area contributed by atoms with Gasteiger partial charge in [0.25, 0.3) is 0 Å². The van der Waals surface area contributed by atoms with Crippen molar-refractivity contribution in [2.24, 2.45) is 0 Å². The number of hydrogen-bond donors (Lipinski definition) is 1. The molecule has 4 nitrogen and oxygen atoms in total. The minimum Gasteiger partial charge on any atom is -0.307 e. The first-order valence-corrected chi connectivity index (χ1v) is 6.62. The van der Waals surface area contributed by atoms with Gasteiger partial charge in [0.2, 0.25) is 0 Å². The van der Waals surface area contributed by atoms with E-state index in [2.05, 4.69) is 38.5 Å². The molecule has 2 aromatic heterocycles. The monoisotopic (exact) mass is 264 g/mol. The van der Waals surface area contributed by atoms with E-state index in [1.165, 1.54) is 16.3 Å². The van der Waals surface area contributed by atoms with Gasteiger partial charge in [0.1, 0.15) is 0 Å². The van der Waals surface area contributed by atoms with E-state index < -0.39 is 0 Å². The quantitative estimate of drug-likeness (QED) is 0.787. The summed E-state index contributed by atoms with van der Waals surface area (Å²) in [6.45, 7) is 3.48. The minimum absolute atomic E-state index is 0.724. The van der Waals surface area contributed by atoms with Crippen molar-refractivity contribution in [3.63, 3.8) is 0 Å². The molecule has 1 N–H and O–H groups in total. The van der Waals surface area contributed by atoms with E-state index in [0.717, 1.165) is 24.5 Å². The number of fused-ring (bicyclic) bond motifs is 1. The number of nitrogens with one attached hydrogen (secondary N) is 1. The molecule has 4 heteroatoms. The number of hydrogen-bond acceptors (Lipinski definition) is 4. The maximum Gasteiger partial charge on any atom is 0.0724 e. The molecule has 0 fully saturated rings. The molecule has 20 heavy (non-hydrogen) atoms. The molecule has 0 aliphatic heterocycles. The van der Waals surface area contributed by atoms with Crippen molar-refractivity contribution in [1.82, 2.24) is 20.3 Å².